The SMILES string of the molecule is Clc1ccc(Oc2ccnc3cc(Br)cnc23)c(Cl)c1. The van der Waals surface area contributed by atoms with E-state index >= 15 is 0 Å². The van der Waals surface area contributed by atoms with E-state index in [1.807, 2.05) is 6.07 Å². The van der Waals surface area contributed by atoms with Gasteiger partial charge in [-0.3, -0.25) is 4.98 Å². The van der Waals surface area contributed by atoms with E-state index in [-0.39, 0.29) is 0 Å². The molecule has 0 fully saturated rings. The van der Waals surface area contributed by atoms with Crippen LogP contribution in [0.2, 0.25) is 10.0 Å². The van der Waals surface area contributed by atoms with E-state index in [1.165, 1.54) is 0 Å². The number of aromatic nitrogens is 2. The van der Waals surface area contributed by atoms with Crippen molar-refractivity contribution in [3.8, 4) is 11.5 Å². The van der Waals surface area contributed by atoms with E-state index in [2.05, 4.69) is 25.9 Å². The van der Waals surface area contributed by atoms with Gasteiger partial charge in [0, 0.05) is 28.0 Å². The zero-order valence-corrected chi connectivity index (χ0v) is 13.1. The molecule has 100 valence electrons. The molecule has 6 heteroatoms. The molecule has 20 heavy (non-hydrogen) atoms. The Bertz CT molecular complexity index is 795. The first-order valence-corrected chi connectivity index (χ1v) is 7.21. The highest BCUT2D eigenvalue weighted by atomic mass is 79.9. The van der Waals surface area contributed by atoms with Crippen LogP contribution in [0, 0.1) is 0 Å². The van der Waals surface area contributed by atoms with Crippen molar-refractivity contribution in [2.45, 2.75) is 0 Å². The lowest BCUT2D eigenvalue weighted by Gasteiger charge is -2.09. The van der Waals surface area contributed by atoms with Crippen LogP contribution in [-0.2, 0) is 0 Å². The number of halogens is 3. The van der Waals surface area contributed by atoms with Crippen LogP contribution in [0.1, 0.15) is 0 Å². The first-order chi connectivity index (χ1) is 9.63. The van der Waals surface area contributed by atoms with Crippen LogP contribution in [0.25, 0.3) is 11.0 Å². The maximum atomic E-state index is 6.10. The van der Waals surface area contributed by atoms with Gasteiger partial charge in [0.05, 0.1) is 10.5 Å². The van der Waals surface area contributed by atoms with Crippen LogP contribution in [0.3, 0.4) is 0 Å². The molecule has 3 rings (SSSR count). The van der Waals surface area contributed by atoms with E-state index in [0.717, 1.165) is 9.99 Å². The number of pyridine rings is 2. The van der Waals surface area contributed by atoms with Crippen LogP contribution < -0.4 is 4.74 Å². The first-order valence-electron chi connectivity index (χ1n) is 5.66. The summed E-state index contributed by atoms with van der Waals surface area (Å²) in [6.07, 6.45) is 3.36. The summed E-state index contributed by atoms with van der Waals surface area (Å²) in [7, 11) is 0. The summed E-state index contributed by atoms with van der Waals surface area (Å²) in [5.74, 6) is 1.11. The number of rotatable bonds is 2. The second-order valence-corrected chi connectivity index (χ2v) is 5.77. The number of nitrogens with zero attached hydrogens (tertiary/aromatic N) is 2. The van der Waals surface area contributed by atoms with Crippen molar-refractivity contribution < 1.29 is 4.74 Å². The van der Waals surface area contributed by atoms with Gasteiger partial charge in [0.1, 0.15) is 11.3 Å². The van der Waals surface area contributed by atoms with Crippen molar-refractivity contribution in [2.75, 3.05) is 0 Å². The molecule has 1 aromatic carbocycles. The molecular formula is C14H7BrCl2N2O. The Morgan fingerprint density at radius 3 is 2.65 bits per heavy atom. The second-order valence-electron chi connectivity index (χ2n) is 4.01. The Kier molecular flexibility index (Phi) is 3.78. The minimum absolute atomic E-state index is 0.444. The zero-order valence-electron chi connectivity index (χ0n) is 9.98. The van der Waals surface area contributed by atoms with Gasteiger partial charge in [0.25, 0.3) is 0 Å². The number of fused-ring (bicyclic) bond motifs is 1. The standard InChI is InChI=1S/C14H7BrCl2N2O/c15-8-5-11-14(19-7-8)13(3-4-18-11)20-12-2-1-9(16)6-10(12)17/h1-7H. The minimum atomic E-state index is 0.444. The van der Waals surface area contributed by atoms with Crippen molar-refractivity contribution in [3.63, 3.8) is 0 Å². The summed E-state index contributed by atoms with van der Waals surface area (Å²) >= 11 is 15.3. The van der Waals surface area contributed by atoms with Gasteiger partial charge in [-0.15, -0.1) is 0 Å². The molecule has 0 unspecified atom stereocenters. The van der Waals surface area contributed by atoms with Crippen molar-refractivity contribution in [2.24, 2.45) is 0 Å². The number of ether oxygens (including phenoxy) is 1. The van der Waals surface area contributed by atoms with E-state index < -0.39 is 0 Å². The average molecular weight is 370 g/mol. The maximum absolute atomic E-state index is 6.10. The molecule has 0 bridgehead atoms. The Morgan fingerprint density at radius 1 is 1.00 bits per heavy atom. The normalized spacial score (nSPS) is 10.8. The molecular weight excluding hydrogens is 363 g/mol. The quantitative estimate of drug-likeness (QED) is 0.598. The van der Waals surface area contributed by atoms with Crippen LogP contribution >= 0.6 is 39.1 Å². The van der Waals surface area contributed by atoms with Gasteiger partial charge in [0.2, 0.25) is 0 Å². The van der Waals surface area contributed by atoms with Gasteiger partial charge in [-0.25, -0.2) is 4.98 Å². The summed E-state index contributed by atoms with van der Waals surface area (Å²) in [4.78, 5) is 8.57. The van der Waals surface area contributed by atoms with Gasteiger partial charge >= 0.3 is 0 Å². The minimum Gasteiger partial charge on any atom is -0.453 e. The molecule has 0 saturated carbocycles. The van der Waals surface area contributed by atoms with Crippen molar-refractivity contribution in [3.05, 3.63) is 57.2 Å². The Labute approximate surface area is 133 Å². The molecule has 0 aliphatic carbocycles. The highest BCUT2D eigenvalue weighted by molar-refractivity contribution is 9.10. The predicted octanol–water partition coefficient (Wildman–Crippen LogP) is 5.49. The fraction of sp³-hybridized carbons (Fsp3) is 0. The summed E-state index contributed by atoms with van der Waals surface area (Å²) in [6, 6.07) is 8.69. The number of benzene rings is 1. The van der Waals surface area contributed by atoms with Crippen LogP contribution in [0.4, 0.5) is 0 Å². The molecule has 2 aromatic heterocycles. The molecule has 0 aliphatic heterocycles. The molecule has 0 amide bonds. The predicted molar refractivity (Wildman–Crippen MR) is 83.8 cm³/mol. The molecule has 0 saturated heterocycles. The third kappa shape index (κ3) is 2.73. The van der Waals surface area contributed by atoms with Gasteiger partial charge in [-0.1, -0.05) is 23.2 Å². The maximum Gasteiger partial charge on any atom is 0.156 e. The Balaban J connectivity index is 2.06. The Hall–Kier alpha value is -1.36. The lowest BCUT2D eigenvalue weighted by atomic mass is 10.3. The van der Waals surface area contributed by atoms with Gasteiger partial charge < -0.3 is 4.74 Å². The smallest absolute Gasteiger partial charge is 0.156 e. The molecule has 0 atom stereocenters. The first kappa shape index (κ1) is 13.6. The number of hydrogen-bond acceptors (Lipinski definition) is 3. The topological polar surface area (TPSA) is 35.0 Å². The monoisotopic (exact) mass is 368 g/mol. The summed E-state index contributed by atoms with van der Waals surface area (Å²) in [5.41, 5.74) is 1.41. The third-order valence-electron chi connectivity index (χ3n) is 2.62. The fourth-order valence-electron chi connectivity index (χ4n) is 1.74. The zero-order chi connectivity index (χ0) is 14.1. The van der Waals surface area contributed by atoms with Crippen LogP contribution in [0.5, 0.6) is 11.5 Å². The summed E-state index contributed by atoms with van der Waals surface area (Å²) < 4.78 is 6.67. The fourth-order valence-corrected chi connectivity index (χ4v) is 2.51. The molecule has 3 nitrogen and oxygen atoms in total. The average Bonchev–Trinajstić information content (AvgIpc) is 2.41. The summed E-state index contributed by atoms with van der Waals surface area (Å²) in [6.45, 7) is 0. The second kappa shape index (κ2) is 5.56. The van der Waals surface area contributed by atoms with E-state index in [1.54, 1.807) is 36.7 Å². The Morgan fingerprint density at radius 2 is 1.85 bits per heavy atom. The van der Waals surface area contributed by atoms with E-state index in [9.17, 15) is 0 Å². The largest absolute Gasteiger partial charge is 0.453 e. The molecule has 0 radical (unpaired) electrons. The molecule has 0 aliphatic rings. The number of hydrogen-bond donors (Lipinski definition) is 0. The molecule has 0 spiro atoms. The van der Waals surface area contributed by atoms with Crippen LogP contribution in [0.15, 0.2) is 47.2 Å². The van der Waals surface area contributed by atoms with E-state index in [4.69, 9.17) is 27.9 Å². The highest BCUT2D eigenvalue weighted by Gasteiger charge is 2.09. The van der Waals surface area contributed by atoms with Crippen molar-refractivity contribution >= 4 is 50.2 Å². The van der Waals surface area contributed by atoms with Crippen LogP contribution in [-0.4, -0.2) is 9.97 Å². The van der Waals surface area contributed by atoms with Gasteiger partial charge in [-0.2, -0.15) is 0 Å². The molecule has 2 heterocycles. The highest BCUT2D eigenvalue weighted by Crippen LogP contribution is 2.34. The van der Waals surface area contributed by atoms with Crippen molar-refractivity contribution in [1.82, 2.24) is 9.97 Å². The third-order valence-corrected chi connectivity index (χ3v) is 3.59. The van der Waals surface area contributed by atoms with E-state index in [0.29, 0.717) is 27.1 Å². The summed E-state index contributed by atoms with van der Waals surface area (Å²) in [5, 5.41) is 1.00. The molecule has 3 aromatic rings. The van der Waals surface area contributed by atoms with Gasteiger partial charge in [-0.05, 0) is 40.2 Å². The van der Waals surface area contributed by atoms with Crippen molar-refractivity contribution in [1.29, 1.82) is 0 Å². The molecule has 0 N–H and O–H groups in total. The lowest BCUT2D eigenvalue weighted by molar-refractivity contribution is 0.487. The lowest BCUT2D eigenvalue weighted by Crippen LogP contribution is -1.90. The van der Waals surface area contributed by atoms with Gasteiger partial charge in [0.15, 0.2) is 5.75 Å².